The summed E-state index contributed by atoms with van der Waals surface area (Å²) in [5, 5.41) is 0. The minimum absolute atomic E-state index is 0.175. The van der Waals surface area contributed by atoms with Crippen LogP contribution in [0.5, 0.6) is 0 Å². The smallest absolute Gasteiger partial charge is 0.331 e. The van der Waals surface area contributed by atoms with E-state index in [9.17, 15) is 9.59 Å². The highest BCUT2D eigenvalue weighted by Gasteiger charge is 2.58. The first-order chi connectivity index (χ1) is 18.2. The van der Waals surface area contributed by atoms with Crippen LogP contribution in [0, 0.1) is 5.41 Å². The van der Waals surface area contributed by atoms with Crippen molar-refractivity contribution in [3.05, 3.63) is 54.0 Å². The summed E-state index contributed by atoms with van der Waals surface area (Å²) in [5.41, 5.74) is 3.76. The first kappa shape index (κ1) is 26.7. The van der Waals surface area contributed by atoms with Crippen molar-refractivity contribution in [3.8, 4) is 5.69 Å². The molecular weight excluding hydrogens is 544 g/mol. The predicted octanol–water partition coefficient (Wildman–Crippen LogP) is 5.93. The molecule has 0 amide bonds. The summed E-state index contributed by atoms with van der Waals surface area (Å²) in [6.07, 6.45) is 7.00. The summed E-state index contributed by atoms with van der Waals surface area (Å²) in [4.78, 5) is 39.8. The van der Waals surface area contributed by atoms with Crippen molar-refractivity contribution in [3.63, 3.8) is 0 Å². The molecule has 0 N–H and O–H groups in total. The molecule has 3 aromatic rings. The van der Waals surface area contributed by atoms with Crippen LogP contribution in [-0.2, 0) is 26.2 Å². The lowest BCUT2D eigenvalue weighted by atomic mass is 9.58. The van der Waals surface area contributed by atoms with Gasteiger partial charge in [-0.15, -0.1) is 0 Å². The van der Waals surface area contributed by atoms with E-state index >= 15 is 0 Å². The van der Waals surface area contributed by atoms with Crippen LogP contribution in [0.1, 0.15) is 71.2 Å². The van der Waals surface area contributed by atoms with Gasteiger partial charge in [-0.2, -0.15) is 0 Å². The first-order valence-electron chi connectivity index (χ1n) is 13.5. The van der Waals surface area contributed by atoms with E-state index < -0.39 is 16.3 Å². The second-order valence-corrected chi connectivity index (χ2v) is 12.3. The number of carbonyl (C=O) groups is 2. The lowest BCUT2D eigenvalue weighted by Crippen LogP contribution is -2.61. The van der Waals surface area contributed by atoms with Gasteiger partial charge in [0.2, 0.25) is 0 Å². The Balaban J connectivity index is 1.46. The molecule has 2 fully saturated rings. The number of aliphatic imine (C=N–C) groups is 1. The van der Waals surface area contributed by atoms with Crippen LogP contribution in [0.25, 0.3) is 16.9 Å². The van der Waals surface area contributed by atoms with E-state index in [1.54, 1.807) is 13.1 Å². The number of hydrogen-bond donors (Lipinski definition) is 0. The number of esters is 1. The largest absolute Gasteiger partial charge is 0.464 e. The minimum atomic E-state index is -0.691. The zero-order chi connectivity index (χ0) is 27.1. The number of fused-ring (bicyclic) bond motifs is 1. The third-order valence-electron chi connectivity index (χ3n) is 7.70. The fraction of sp³-hybridized carbons (Fsp3) is 0.500. The van der Waals surface area contributed by atoms with E-state index in [-0.39, 0.29) is 23.8 Å². The highest BCUT2D eigenvalue weighted by atomic mass is 79.9. The summed E-state index contributed by atoms with van der Waals surface area (Å²) in [5.74, 6) is 0.790. The van der Waals surface area contributed by atoms with Gasteiger partial charge in [-0.1, -0.05) is 68.1 Å². The average molecular weight is 580 g/mol. The van der Waals surface area contributed by atoms with Crippen LogP contribution >= 0.6 is 15.9 Å². The van der Waals surface area contributed by atoms with Gasteiger partial charge in [-0.05, 0) is 49.6 Å². The number of ether oxygens (including phenoxy) is 1. The molecular formula is C30H35BrN4O3. The monoisotopic (exact) mass is 578 g/mol. The van der Waals surface area contributed by atoms with Crippen LogP contribution in [0.15, 0.2) is 47.6 Å². The molecule has 2 atom stereocenters. The highest BCUT2D eigenvalue weighted by Crippen LogP contribution is 2.49. The molecule has 5 rings (SSSR count). The number of alkyl halides is 1. The topological polar surface area (TPSA) is 86.4 Å². The molecule has 8 heteroatoms. The van der Waals surface area contributed by atoms with Gasteiger partial charge in [0.1, 0.15) is 16.2 Å². The summed E-state index contributed by atoms with van der Waals surface area (Å²) in [6, 6.07) is 11.3. The Morgan fingerprint density at radius 1 is 1.18 bits per heavy atom. The SMILES string of the molecule is CCOC(=O)[C@H](Cc1ccc(-n2c(C(C)(C)C)nc3cccnc32)cc1)N=C1C(Br)C(=O)C12CCCCC2. The number of ketones is 1. The fourth-order valence-electron chi connectivity index (χ4n) is 5.76. The Morgan fingerprint density at radius 2 is 1.89 bits per heavy atom. The van der Waals surface area contributed by atoms with Crippen molar-refractivity contribution in [2.75, 3.05) is 6.61 Å². The minimum Gasteiger partial charge on any atom is -0.464 e. The molecule has 2 heterocycles. The Hall–Kier alpha value is -2.87. The summed E-state index contributed by atoms with van der Waals surface area (Å²) in [7, 11) is 0. The number of aromatic nitrogens is 3. The van der Waals surface area contributed by atoms with Crippen LogP contribution in [0.3, 0.4) is 0 Å². The van der Waals surface area contributed by atoms with Gasteiger partial charge in [-0.3, -0.25) is 14.4 Å². The third-order valence-corrected chi connectivity index (χ3v) is 8.55. The van der Waals surface area contributed by atoms with E-state index in [4.69, 9.17) is 14.7 Å². The quantitative estimate of drug-likeness (QED) is 0.267. The van der Waals surface area contributed by atoms with Gasteiger partial charge in [-0.25, -0.2) is 14.8 Å². The number of halogens is 1. The van der Waals surface area contributed by atoms with Crippen molar-refractivity contribution in [2.45, 2.75) is 82.5 Å². The zero-order valence-electron chi connectivity index (χ0n) is 22.5. The Bertz CT molecular complexity index is 1380. The molecule has 2 aliphatic carbocycles. The van der Waals surface area contributed by atoms with Crippen molar-refractivity contribution in [1.29, 1.82) is 0 Å². The lowest BCUT2D eigenvalue weighted by molar-refractivity contribution is -0.144. The number of pyridine rings is 1. The normalized spacial score (nSPS) is 21.0. The second-order valence-electron chi connectivity index (χ2n) is 11.4. The van der Waals surface area contributed by atoms with E-state index in [0.717, 1.165) is 66.1 Å². The molecule has 0 bridgehead atoms. The summed E-state index contributed by atoms with van der Waals surface area (Å²) < 4.78 is 7.50. The van der Waals surface area contributed by atoms with Crippen molar-refractivity contribution >= 4 is 44.6 Å². The second kappa shape index (κ2) is 10.4. The highest BCUT2D eigenvalue weighted by molar-refractivity contribution is 9.10. The number of Topliss-reactive ketones (excluding diaryl/α,β-unsaturated/α-hetero) is 1. The molecule has 38 heavy (non-hydrogen) atoms. The standard InChI is InChI=1S/C30H35BrN4O3/c1-5-38-27(37)22(33-24-23(31)25(36)30(24)15-7-6-8-16-30)18-19-11-13-20(14-12-19)35-26-21(10-9-17-32-26)34-28(35)29(2,3)4/h9-14,17,22-23H,5-8,15-16,18H2,1-4H3/t22-,23?/m0/s1. The maximum atomic E-state index is 13.0. The molecule has 0 radical (unpaired) electrons. The molecule has 1 spiro atoms. The zero-order valence-corrected chi connectivity index (χ0v) is 24.1. The molecule has 2 aromatic heterocycles. The number of benzene rings is 1. The molecule has 7 nitrogen and oxygen atoms in total. The van der Waals surface area contributed by atoms with Gasteiger partial charge in [0.05, 0.1) is 12.0 Å². The van der Waals surface area contributed by atoms with E-state index in [1.165, 1.54) is 0 Å². The Kier molecular flexibility index (Phi) is 7.29. The van der Waals surface area contributed by atoms with E-state index in [0.29, 0.717) is 6.42 Å². The van der Waals surface area contributed by atoms with Crippen molar-refractivity contribution in [2.24, 2.45) is 10.4 Å². The Morgan fingerprint density at radius 3 is 2.55 bits per heavy atom. The van der Waals surface area contributed by atoms with Crippen LogP contribution < -0.4 is 0 Å². The van der Waals surface area contributed by atoms with Gasteiger partial charge in [0.25, 0.3) is 0 Å². The van der Waals surface area contributed by atoms with Gasteiger partial charge < -0.3 is 4.74 Å². The van der Waals surface area contributed by atoms with Gasteiger partial charge in [0.15, 0.2) is 17.5 Å². The van der Waals surface area contributed by atoms with Crippen molar-refractivity contribution < 1.29 is 14.3 Å². The van der Waals surface area contributed by atoms with Crippen LogP contribution in [0.2, 0.25) is 0 Å². The van der Waals surface area contributed by atoms with E-state index in [2.05, 4.69) is 46.3 Å². The summed E-state index contributed by atoms with van der Waals surface area (Å²) >= 11 is 3.53. The van der Waals surface area contributed by atoms with Crippen LogP contribution in [-0.4, -0.2) is 49.5 Å². The van der Waals surface area contributed by atoms with E-state index in [1.807, 2.05) is 36.4 Å². The number of nitrogens with zero attached hydrogens (tertiary/aromatic N) is 4. The molecule has 0 saturated heterocycles. The lowest BCUT2D eigenvalue weighted by Gasteiger charge is -2.47. The average Bonchev–Trinajstić information content (AvgIpc) is 3.32. The molecule has 2 saturated carbocycles. The maximum Gasteiger partial charge on any atom is 0.331 e. The molecule has 1 aromatic carbocycles. The maximum absolute atomic E-state index is 13.0. The number of imidazole rings is 1. The fourth-order valence-corrected chi connectivity index (χ4v) is 6.75. The third kappa shape index (κ3) is 4.72. The van der Waals surface area contributed by atoms with Gasteiger partial charge >= 0.3 is 5.97 Å². The summed E-state index contributed by atoms with van der Waals surface area (Å²) in [6.45, 7) is 8.52. The van der Waals surface area contributed by atoms with Crippen LogP contribution in [0.4, 0.5) is 0 Å². The molecule has 2 aliphatic rings. The number of carbonyl (C=O) groups excluding carboxylic acids is 2. The molecule has 200 valence electrons. The van der Waals surface area contributed by atoms with Crippen molar-refractivity contribution in [1.82, 2.24) is 14.5 Å². The van der Waals surface area contributed by atoms with Gasteiger partial charge in [0, 0.05) is 29.4 Å². The number of rotatable bonds is 6. The molecule has 0 aliphatic heterocycles. The molecule has 1 unspecified atom stereocenters. The first-order valence-corrected chi connectivity index (χ1v) is 14.4. The Labute approximate surface area is 232 Å². The predicted molar refractivity (Wildman–Crippen MR) is 152 cm³/mol. The number of hydrogen-bond acceptors (Lipinski definition) is 6.